The number of rotatable bonds is 3. The summed E-state index contributed by atoms with van der Waals surface area (Å²) in [5, 5.41) is 14.4. The number of nitrogens with one attached hydrogen (secondary N) is 1. The number of benzene rings is 1. The summed E-state index contributed by atoms with van der Waals surface area (Å²) in [5.74, 6) is 0.675. The van der Waals surface area contributed by atoms with E-state index in [2.05, 4.69) is 42.0 Å². The van der Waals surface area contributed by atoms with Crippen LogP contribution in [0.25, 0.3) is 0 Å². The van der Waals surface area contributed by atoms with Gasteiger partial charge < -0.3 is 5.32 Å². The molecule has 1 aromatic carbocycles. The second-order valence-electron chi connectivity index (χ2n) is 6.68. The quantitative estimate of drug-likeness (QED) is 0.623. The van der Waals surface area contributed by atoms with Crippen molar-refractivity contribution in [2.75, 3.05) is 5.32 Å². The molecule has 0 spiro atoms. The lowest BCUT2D eigenvalue weighted by Gasteiger charge is -2.39. The number of anilines is 1. The van der Waals surface area contributed by atoms with E-state index in [0.29, 0.717) is 17.4 Å². The number of nitro groups is 1. The zero-order chi connectivity index (χ0) is 14.9. The molecule has 0 radical (unpaired) electrons. The van der Waals surface area contributed by atoms with E-state index in [1.54, 1.807) is 12.1 Å². The average molecular weight is 341 g/mol. The maximum atomic E-state index is 10.9. The highest BCUT2D eigenvalue weighted by molar-refractivity contribution is 9.10. The zero-order valence-corrected chi connectivity index (χ0v) is 13.7. The van der Waals surface area contributed by atoms with Gasteiger partial charge in [-0.15, -0.1) is 0 Å². The molecule has 4 nitrogen and oxygen atoms in total. The Bertz CT molecular complexity index is 517. The van der Waals surface area contributed by atoms with Crippen LogP contribution < -0.4 is 5.32 Å². The lowest BCUT2D eigenvalue weighted by Crippen LogP contribution is -2.35. The molecule has 20 heavy (non-hydrogen) atoms. The lowest BCUT2D eigenvalue weighted by molar-refractivity contribution is -0.384. The molecule has 0 aromatic heterocycles. The van der Waals surface area contributed by atoms with E-state index < -0.39 is 0 Å². The Morgan fingerprint density at radius 1 is 1.40 bits per heavy atom. The van der Waals surface area contributed by atoms with Crippen LogP contribution in [0, 0.1) is 21.4 Å². The fraction of sp³-hybridized carbons (Fsp3) is 0.600. The fourth-order valence-corrected chi connectivity index (χ4v) is 3.77. The molecule has 0 saturated heterocycles. The summed E-state index contributed by atoms with van der Waals surface area (Å²) in [5.41, 5.74) is 1.26. The molecule has 1 N–H and O–H groups in total. The molecule has 2 unspecified atom stereocenters. The highest BCUT2D eigenvalue weighted by Gasteiger charge is 2.32. The van der Waals surface area contributed by atoms with Crippen molar-refractivity contribution < 1.29 is 4.92 Å². The molecule has 110 valence electrons. The summed E-state index contributed by atoms with van der Waals surface area (Å²) in [4.78, 5) is 10.5. The van der Waals surface area contributed by atoms with Crippen LogP contribution >= 0.6 is 15.9 Å². The van der Waals surface area contributed by atoms with E-state index in [-0.39, 0.29) is 10.6 Å². The molecule has 0 amide bonds. The molecule has 1 aromatic rings. The molecule has 1 fully saturated rings. The van der Waals surface area contributed by atoms with Gasteiger partial charge in [0.1, 0.15) is 0 Å². The standard InChI is InChI=1S/C15H21BrN2O2/c1-10-6-11(9-15(2,3)8-10)17-14-7-12(18(19)20)4-5-13(14)16/h4-5,7,10-11,17H,6,8-9H2,1-3H3. The first-order valence-corrected chi connectivity index (χ1v) is 7.76. The topological polar surface area (TPSA) is 55.2 Å². The van der Waals surface area contributed by atoms with Crippen LogP contribution in [0.2, 0.25) is 0 Å². The minimum atomic E-state index is -0.356. The molecule has 0 aliphatic heterocycles. The van der Waals surface area contributed by atoms with Gasteiger partial charge >= 0.3 is 0 Å². The van der Waals surface area contributed by atoms with Gasteiger partial charge in [0, 0.05) is 22.6 Å². The van der Waals surface area contributed by atoms with Crippen LogP contribution in [0.5, 0.6) is 0 Å². The monoisotopic (exact) mass is 340 g/mol. The van der Waals surface area contributed by atoms with Crippen molar-refractivity contribution in [1.82, 2.24) is 0 Å². The van der Waals surface area contributed by atoms with Crippen LogP contribution in [0.15, 0.2) is 22.7 Å². The summed E-state index contributed by atoms with van der Waals surface area (Å²) in [6.07, 6.45) is 3.44. The van der Waals surface area contributed by atoms with E-state index in [1.807, 2.05) is 0 Å². The first-order chi connectivity index (χ1) is 9.27. The Balaban J connectivity index is 2.17. The van der Waals surface area contributed by atoms with Crippen molar-refractivity contribution in [3.8, 4) is 0 Å². The Labute approximate surface area is 128 Å². The second kappa shape index (κ2) is 5.72. The maximum Gasteiger partial charge on any atom is 0.271 e. The van der Waals surface area contributed by atoms with Crippen molar-refractivity contribution >= 4 is 27.3 Å². The highest BCUT2D eigenvalue weighted by atomic mass is 79.9. The summed E-state index contributed by atoms with van der Waals surface area (Å²) < 4.78 is 0.874. The van der Waals surface area contributed by atoms with E-state index in [9.17, 15) is 10.1 Å². The van der Waals surface area contributed by atoms with Crippen molar-refractivity contribution in [3.05, 3.63) is 32.8 Å². The average Bonchev–Trinajstić information content (AvgIpc) is 2.28. The molecule has 0 bridgehead atoms. The molecule has 5 heteroatoms. The van der Waals surface area contributed by atoms with Gasteiger partial charge in [-0.3, -0.25) is 10.1 Å². The van der Waals surface area contributed by atoms with E-state index in [0.717, 1.165) is 23.0 Å². The highest BCUT2D eigenvalue weighted by Crippen LogP contribution is 2.40. The van der Waals surface area contributed by atoms with Crippen LogP contribution in [0.4, 0.5) is 11.4 Å². The second-order valence-corrected chi connectivity index (χ2v) is 7.53. The largest absolute Gasteiger partial charge is 0.381 e. The summed E-state index contributed by atoms with van der Waals surface area (Å²) >= 11 is 3.46. The smallest absolute Gasteiger partial charge is 0.271 e. The Kier molecular flexibility index (Phi) is 4.37. The first-order valence-electron chi connectivity index (χ1n) is 6.97. The molecule has 1 aliphatic carbocycles. The van der Waals surface area contributed by atoms with Gasteiger partial charge in [0.2, 0.25) is 0 Å². The zero-order valence-electron chi connectivity index (χ0n) is 12.1. The Morgan fingerprint density at radius 3 is 2.70 bits per heavy atom. The summed E-state index contributed by atoms with van der Waals surface area (Å²) in [7, 11) is 0. The van der Waals surface area contributed by atoms with E-state index in [1.165, 1.54) is 12.5 Å². The number of hydrogen-bond donors (Lipinski definition) is 1. The van der Waals surface area contributed by atoms with Crippen LogP contribution in [-0.2, 0) is 0 Å². The number of nitrogens with zero attached hydrogens (tertiary/aromatic N) is 1. The molecule has 1 saturated carbocycles. The van der Waals surface area contributed by atoms with E-state index >= 15 is 0 Å². The number of nitro benzene ring substituents is 1. The summed E-state index contributed by atoms with van der Waals surface area (Å²) in [6.45, 7) is 6.86. The number of hydrogen-bond acceptors (Lipinski definition) is 3. The third-order valence-corrected chi connectivity index (χ3v) is 4.60. The number of non-ortho nitro benzene ring substituents is 1. The maximum absolute atomic E-state index is 10.9. The first kappa shape index (κ1) is 15.3. The van der Waals surface area contributed by atoms with Crippen LogP contribution in [0.1, 0.15) is 40.0 Å². The van der Waals surface area contributed by atoms with Gasteiger partial charge in [-0.05, 0) is 52.6 Å². The van der Waals surface area contributed by atoms with Crippen molar-refractivity contribution in [2.24, 2.45) is 11.3 Å². The predicted octanol–water partition coefficient (Wildman–Crippen LogP) is 4.98. The van der Waals surface area contributed by atoms with E-state index in [4.69, 9.17) is 0 Å². The summed E-state index contributed by atoms with van der Waals surface area (Å²) in [6, 6.07) is 5.23. The lowest BCUT2D eigenvalue weighted by atomic mass is 9.70. The molecule has 1 aliphatic rings. The third-order valence-electron chi connectivity index (χ3n) is 3.91. The van der Waals surface area contributed by atoms with Gasteiger partial charge in [-0.2, -0.15) is 0 Å². The number of halogens is 1. The molecule has 2 rings (SSSR count). The molecule has 0 heterocycles. The predicted molar refractivity (Wildman–Crippen MR) is 85.0 cm³/mol. The molecular formula is C15H21BrN2O2. The van der Waals surface area contributed by atoms with Gasteiger partial charge in [0.25, 0.3) is 5.69 Å². The SMILES string of the molecule is CC1CC(Nc2cc([N+](=O)[O-])ccc2Br)CC(C)(C)C1. The van der Waals surface area contributed by atoms with Gasteiger partial charge in [0.05, 0.1) is 10.6 Å². The van der Waals surface area contributed by atoms with Crippen LogP contribution in [0.3, 0.4) is 0 Å². The fourth-order valence-electron chi connectivity index (χ4n) is 3.41. The van der Waals surface area contributed by atoms with Crippen molar-refractivity contribution in [1.29, 1.82) is 0 Å². The van der Waals surface area contributed by atoms with Gasteiger partial charge in [-0.1, -0.05) is 20.8 Å². The van der Waals surface area contributed by atoms with Crippen LogP contribution in [-0.4, -0.2) is 11.0 Å². The van der Waals surface area contributed by atoms with Crippen molar-refractivity contribution in [3.63, 3.8) is 0 Å². The van der Waals surface area contributed by atoms with Crippen molar-refractivity contribution in [2.45, 2.75) is 46.1 Å². The van der Waals surface area contributed by atoms with Gasteiger partial charge in [-0.25, -0.2) is 0 Å². The van der Waals surface area contributed by atoms with Gasteiger partial charge in [0.15, 0.2) is 0 Å². The minimum Gasteiger partial charge on any atom is -0.381 e. The molecule has 2 atom stereocenters. The minimum absolute atomic E-state index is 0.124. The Morgan fingerprint density at radius 2 is 2.10 bits per heavy atom. The third kappa shape index (κ3) is 3.72. The Hall–Kier alpha value is -1.10. The normalized spacial score (nSPS) is 25.2. The molecular weight excluding hydrogens is 320 g/mol.